The lowest BCUT2D eigenvalue weighted by atomic mass is 9.82. The van der Waals surface area contributed by atoms with Crippen LogP contribution in [0.1, 0.15) is 42.5 Å². The first-order valence-corrected chi connectivity index (χ1v) is 5.90. The Kier molecular flexibility index (Phi) is 3.38. The van der Waals surface area contributed by atoms with Crippen molar-refractivity contribution >= 4 is 5.91 Å². The van der Waals surface area contributed by atoms with Gasteiger partial charge in [-0.3, -0.25) is 9.78 Å². The number of aromatic nitrogens is 1. The molecule has 2 rings (SSSR count). The van der Waals surface area contributed by atoms with Crippen molar-refractivity contribution in [2.24, 2.45) is 0 Å². The molecule has 1 fully saturated rings. The van der Waals surface area contributed by atoms with E-state index in [-0.39, 0.29) is 5.91 Å². The number of hydrogen-bond acceptors (Lipinski definition) is 3. The lowest BCUT2D eigenvalue weighted by Gasteiger charge is -2.31. The SMILES string of the molecule is N#CC1(NC(=O)c2cccnc2)CCCCC1. The monoisotopic (exact) mass is 229 g/mol. The van der Waals surface area contributed by atoms with Crippen molar-refractivity contribution in [3.63, 3.8) is 0 Å². The summed E-state index contributed by atoms with van der Waals surface area (Å²) in [5, 5.41) is 12.1. The standard InChI is InChI=1S/C13H15N3O/c14-10-13(6-2-1-3-7-13)16-12(17)11-5-4-8-15-9-11/h4-5,8-9H,1-3,6-7H2,(H,16,17). The van der Waals surface area contributed by atoms with Gasteiger partial charge in [-0.25, -0.2) is 0 Å². The predicted octanol–water partition coefficient (Wildman–Crippen LogP) is 2.04. The summed E-state index contributed by atoms with van der Waals surface area (Å²) < 4.78 is 0. The third kappa shape index (κ3) is 2.62. The maximum atomic E-state index is 12.0. The van der Waals surface area contributed by atoms with Crippen LogP contribution in [0, 0.1) is 11.3 Å². The van der Waals surface area contributed by atoms with E-state index in [4.69, 9.17) is 0 Å². The molecule has 0 bridgehead atoms. The Labute approximate surface area is 101 Å². The average molecular weight is 229 g/mol. The molecule has 1 N–H and O–H groups in total. The average Bonchev–Trinajstić information content (AvgIpc) is 2.41. The summed E-state index contributed by atoms with van der Waals surface area (Å²) in [5.74, 6) is -0.207. The topological polar surface area (TPSA) is 65.8 Å². The van der Waals surface area contributed by atoms with E-state index in [2.05, 4.69) is 16.4 Å². The zero-order valence-electron chi connectivity index (χ0n) is 9.65. The van der Waals surface area contributed by atoms with Crippen LogP contribution in [0.25, 0.3) is 0 Å². The zero-order valence-corrected chi connectivity index (χ0v) is 9.65. The number of hydrogen-bond donors (Lipinski definition) is 1. The molecule has 4 heteroatoms. The lowest BCUT2D eigenvalue weighted by Crippen LogP contribution is -2.48. The molecule has 88 valence electrons. The Hall–Kier alpha value is -1.89. The van der Waals surface area contributed by atoms with Crippen molar-refractivity contribution in [1.29, 1.82) is 5.26 Å². The fourth-order valence-corrected chi connectivity index (χ4v) is 2.21. The molecular formula is C13H15N3O. The number of amides is 1. The Morgan fingerprint density at radius 1 is 1.41 bits per heavy atom. The minimum atomic E-state index is -0.675. The fraction of sp³-hybridized carbons (Fsp3) is 0.462. The highest BCUT2D eigenvalue weighted by Crippen LogP contribution is 2.27. The smallest absolute Gasteiger partial charge is 0.254 e. The highest BCUT2D eigenvalue weighted by atomic mass is 16.1. The minimum Gasteiger partial charge on any atom is -0.334 e. The van der Waals surface area contributed by atoms with Gasteiger partial charge in [0.2, 0.25) is 0 Å². The van der Waals surface area contributed by atoms with Crippen molar-refractivity contribution in [3.8, 4) is 6.07 Å². The Bertz CT molecular complexity index is 430. The second kappa shape index (κ2) is 4.96. The quantitative estimate of drug-likeness (QED) is 0.843. The predicted molar refractivity (Wildman–Crippen MR) is 63.1 cm³/mol. The summed E-state index contributed by atoms with van der Waals surface area (Å²) in [6, 6.07) is 5.69. The van der Waals surface area contributed by atoms with E-state index < -0.39 is 5.54 Å². The minimum absolute atomic E-state index is 0.207. The number of rotatable bonds is 2. The van der Waals surface area contributed by atoms with Crippen molar-refractivity contribution < 1.29 is 4.79 Å². The first-order chi connectivity index (χ1) is 8.26. The molecule has 4 nitrogen and oxygen atoms in total. The van der Waals surface area contributed by atoms with Crippen molar-refractivity contribution in [2.75, 3.05) is 0 Å². The molecule has 0 unspecified atom stereocenters. The maximum absolute atomic E-state index is 12.0. The van der Waals surface area contributed by atoms with Crippen LogP contribution in [-0.4, -0.2) is 16.4 Å². The number of nitrogens with one attached hydrogen (secondary N) is 1. The molecule has 0 aromatic carbocycles. The van der Waals surface area contributed by atoms with E-state index in [1.165, 1.54) is 6.20 Å². The number of nitrogens with zero attached hydrogens (tertiary/aromatic N) is 2. The maximum Gasteiger partial charge on any atom is 0.254 e. The summed E-state index contributed by atoms with van der Waals surface area (Å²) in [6.45, 7) is 0. The van der Waals surface area contributed by atoms with E-state index in [0.29, 0.717) is 5.56 Å². The molecule has 0 spiro atoms. The van der Waals surface area contributed by atoms with Gasteiger partial charge in [0.15, 0.2) is 0 Å². The van der Waals surface area contributed by atoms with Gasteiger partial charge in [-0.1, -0.05) is 19.3 Å². The molecule has 0 aliphatic heterocycles. The van der Waals surface area contributed by atoms with Gasteiger partial charge in [0.1, 0.15) is 5.54 Å². The molecule has 0 atom stereocenters. The zero-order chi connectivity index (χ0) is 12.1. The molecule has 0 radical (unpaired) electrons. The van der Waals surface area contributed by atoms with Gasteiger partial charge in [-0.05, 0) is 25.0 Å². The van der Waals surface area contributed by atoms with Crippen LogP contribution in [-0.2, 0) is 0 Å². The van der Waals surface area contributed by atoms with E-state index in [1.54, 1.807) is 18.3 Å². The Morgan fingerprint density at radius 2 is 2.18 bits per heavy atom. The van der Waals surface area contributed by atoms with Gasteiger partial charge >= 0.3 is 0 Å². The molecule has 1 amide bonds. The van der Waals surface area contributed by atoms with Gasteiger partial charge in [0.05, 0.1) is 11.6 Å². The van der Waals surface area contributed by atoms with Crippen LogP contribution in [0.4, 0.5) is 0 Å². The summed E-state index contributed by atoms with van der Waals surface area (Å²) >= 11 is 0. The molecule has 1 aliphatic rings. The van der Waals surface area contributed by atoms with E-state index in [0.717, 1.165) is 32.1 Å². The summed E-state index contributed by atoms with van der Waals surface area (Å²) in [7, 11) is 0. The molecule has 1 saturated carbocycles. The first kappa shape index (κ1) is 11.6. The normalized spacial score (nSPS) is 18.1. The van der Waals surface area contributed by atoms with E-state index in [9.17, 15) is 10.1 Å². The van der Waals surface area contributed by atoms with Crippen molar-refractivity contribution in [1.82, 2.24) is 10.3 Å². The van der Waals surface area contributed by atoms with E-state index in [1.807, 2.05) is 0 Å². The van der Waals surface area contributed by atoms with Crippen LogP contribution >= 0.6 is 0 Å². The highest BCUT2D eigenvalue weighted by Gasteiger charge is 2.33. The van der Waals surface area contributed by atoms with Gasteiger partial charge < -0.3 is 5.32 Å². The van der Waals surface area contributed by atoms with Crippen molar-refractivity contribution in [3.05, 3.63) is 30.1 Å². The number of carbonyl (C=O) groups is 1. The third-order valence-corrected chi connectivity index (χ3v) is 3.20. The number of nitriles is 1. The molecule has 1 heterocycles. The fourth-order valence-electron chi connectivity index (χ4n) is 2.21. The van der Waals surface area contributed by atoms with Crippen LogP contribution in [0.3, 0.4) is 0 Å². The summed E-state index contributed by atoms with van der Waals surface area (Å²) in [5.41, 5.74) is -0.168. The number of pyridine rings is 1. The molecule has 17 heavy (non-hydrogen) atoms. The molecule has 1 aromatic rings. The van der Waals surface area contributed by atoms with Crippen molar-refractivity contribution in [2.45, 2.75) is 37.6 Å². The van der Waals surface area contributed by atoms with Gasteiger partial charge in [-0.15, -0.1) is 0 Å². The van der Waals surface area contributed by atoms with E-state index >= 15 is 0 Å². The highest BCUT2D eigenvalue weighted by molar-refractivity contribution is 5.94. The molecule has 1 aliphatic carbocycles. The van der Waals surface area contributed by atoms with Crippen LogP contribution in [0.5, 0.6) is 0 Å². The largest absolute Gasteiger partial charge is 0.334 e. The molecule has 1 aromatic heterocycles. The summed E-state index contributed by atoms with van der Waals surface area (Å²) in [6.07, 6.45) is 7.78. The van der Waals surface area contributed by atoms with Crippen LogP contribution in [0.15, 0.2) is 24.5 Å². The summed E-state index contributed by atoms with van der Waals surface area (Å²) in [4.78, 5) is 15.9. The first-order valence-electron chi connectivity index (χ1n) is 5.90. The lowest BCUT2D eigenvalue weighted by molar-refractivity contribution is 0.0902. The van der Waals surface area contributed by atoms with Crippen LogP contribution in [0.2, 0.25) is 0 Å². The third-order valence-electron chi connectivity index (χ3n) is 3.20. The number of carbonyl (C=O) groups excluding carboxylic acids is 1. The Morgan fingerprint density at radius 3 is 2.76 bits per heavy atom. The second-order valence-electron chi connectivity index (χ2n) is 4.45. The molecule has 0 saturated heterocycles. The Balaban J connectivity index is 2.10. The van der Waals surface area contributed by atoms with Gasteiger partial charge in [-0.2, -0.15) is 5.26 Å². The van der Waals surface area contributed by atoms with Crippen LogP contribution < -0.4 is 5.32 Å². The van der Waals surface area contributed by atoms with Gasteiger partial charge in [0.25, 0.3) is 5.91 Å². The van der Waals surface area contributed by atoms with Gasteiger partial charge in [0, 0.05) is 12.4 Å². The second-order valence-corrected chi connectivity index (χ2v) is 4.45. The molecular weight excluding hydrogens is 214 g/mol.